The second-order valence-electron chi connectivity index (χ2n) is 6.17. The van der Waals surface area contributed by atoms with Gasteiger partial charge in [0.15, 0.2) is 0 Å². The van der Waals surface area contributed by atoms with Gasteiger partial charge in [-0.1, -0.05) is 45.0 Å². The molecule has 0 amide bonds. The van der Waals surface area contributed by atoms with Gasteiger partial charge < -0.3 is 10.2 Å². The Bertz CT molecular complexity index is 400. The molecule has 1 aromatic rings. The average Bonchev–Trinajstić information content (AvgIpc) is 2.76. The number of hydrogen-bond donors (Lipinski definition) is 1. The van der Waals surface area contributed by atoms with Gasteiger partial charge in [-0.25, -0.2) is 0 Å². The highest BCUT2D eigenvalue weighted by Gasteiger charge is 2.33. The molecule has 2 unspecified atom stereocenters. The lowest BCUT2D eigenvalue weighted by Gasteiger charge is -2.31. The van der Waals surface area contributed by atoms with E-state index in [9.17, 15) is 0 Å². The second kappa shape index (κ2) is 6.53. The molecule has 1 aliphatic rings. The van der Waals surface area contributed by atoms with Crippen molar-refractivity contribution in [3.05, 3.63) is 35.4 Å². The largest absolute Gasteiger partial charge is 0.309 e. The van der Waals surface area contributed by atoms with Crippen LogP contribution in [0.1, 0.15) is 44.4 Å². The number of rotatable bonds is 6. The first-order valence-electron chi connectivity index (χ1n) is 7.65. The van der Waals surface area contributed by atoms with E-state index in [0.29, 0.717) is 12.1 Å². The number of fused-ring (bicyclic) bond motifs is 1. The molecule has 1 aliphatic carbocycles. The number of benzene rings is 1. The van der Waals surface area contributed by atoms with Crippen LogP contribution in [0, 0.1) is 5.92 Å². The van der Waals surface area contributed by atoms with E-state index in [-0.39, 0.29) is 0 Å². The van der Waals surface area contributed by atoms with Crippen LogP contribution in [0.25, 0.3) is 0 Å². The quantitative estimate of drug-likeness (QED) is 0.844. The van der Waals surface area contributed by atoms with Gasteiger partial charge in [-0.2, -0.15) is 0 Å². The minimum Gasteiger partial charge on any atom is -0.309 e. The molecular weight excluding hydrogens is 232 g/mol. The first kappa shape index (κ1) is 14.5. The molecule has 0 bridgehead atoms. The van der Waals surface area contributed by atoms with Crippen molar-refractivity contribution >= 4 is 0 Å². The molecule has 0 spiro atoms. The summed E-state index contributed by atoms with van der Waals surface area (Å²) in [7, 11) is 2.28. The number of hydrogen-bond acceptors (Lipinski definition) is 2. The lowest BCUT2D eigenvalue weighted by atomic mass is 10.0. The zero-order valence-corrected chi connectivity index (χ0v) is 12.8. The van der Waals surface area contributed by atoms with Gasteiger partial charge in [-0.05, 0) is 50.0 Å². The van der Waals surface area contributed by atoms with Crippen molar-refractivity contribution in [2.24, 2.45) is 5.92 Å². The molecule has 0 saturated heterocycles. The van der Waals surface area contributed by atoms with E-state index in [1.807, 2.05) is 0 Å². The van der Waals surface area contributed by atoms with E-state index in [1.54, 1.807) is 0 Å². The van der Waals surface area contributed by atoms with E-state index in [0.717, 1.165) is 12.5 Å². The number of nitrogens with zero attached hydrogens (tertiary/aromatic N) is 1. The van der Waals surface area contributed by atoms with Gasteiger partial charge >= 0.3 is 0 Å². The molecule has 106 valence electrons. The van der Waals surface area contributed by atoms with Crippen LogP contribution < -0.4 is 5.32 Å². The molecule has 1 aromatic carbocycles. The van der Waals surface area contributed by atoms with Gasteiger partial charge in [-0.3, -0.25) is 0 Å². The fourth-order valence-corrected chi connectivity index (χ4v) is 3.08. The summed E-state index contributed by atoms with van der Waals surface area (Å²) in [5, 5.41) is 3.68. The third kappa shape index (κ3) is 3.37. The summed E-state index contributed by atoms with van der Waals surface area (Å²) in [6.07, 6.45) is 2.46. The Morgan fingerprint density at radius 1 is 1.32 bits per heavy atom. The fraction of sp³-hybridized carbons (Fsp3) is 0.647. The zero-order valence-electron chi connectivity index (χ0n) is 12.8. The summed E-state index contributed by atoms with van der Waals surface area (Å²) >= 11 is 0. The van der Waals surface area contributed by atoms with Crippen molar-refractivity contribution in [3.63, 3.8) is 0 Å². The molecule has 0 saturated carbocycles. The Hall–Kier alpha value is -0.860. The summed E-state index contributed by atoms with van der Waals surface area (Å²) in [6, 6.07) is 10.0. The Kier molecular flexibility index (Phi) is 5.00. The maximum atomic E-state index is 3.68. The van der Waals surface area contributed by atoms with Gasteiger partial charge in [0.05, 0.1) is 0 Å². The Morgan fingerprint density at radius 3 is 2.74 bits per heavy atom. The fourth-order valence-electron chi connectivity index (χ4n) is 3.08. The smallest absolute Gasteiger partial charge is 0.0483 e. The first-order valence-corrected chi connectivity index (χ1v) is 7.65. The molecule has 0 aliphatic heterocycles. The molecule has 1 N–H and O–H groups in total. The lowest BCUT2D eigenvalue weighted by Crippen LogP contribution is -2.41. The third-order valence-corrected chi connectivity index (χ3v) is 4.25. The van der Waals surface area contributed by atoms with E-state index in [2.05, 4.69) is 62.3 Å². The maximum Gasteiger partial charge on any atom is 0.0483 e. The second-order valence-corrected chi connectivity index (χ2v) is 6.17. The van der Waals surface area contributed by atoms with E-state index in [1.165, 1.54) is 30.5 Å². The standard InChI is InChI=1S/C17H28N2/c1-5-18-17-15-9-7-6-8-14(15)12-16(17)19(4)11-10-13(2)3/h6-9,13,16-18H,5,10-12H2,1-4H3. The predicted molar refractivity (Wildman–Crippen MR) is 82.4 cm³/mol. The van der Waals surface area contributed by atoms with Gasteiger partial charge in [0.1, 0.15) is 0 Å². The molecule has 2 atom stereocenters. The molecule has 2 nitrogen and oxygen atoms in total. The van der Waals surface area contributed by atoms with Crippen molar-refractivity contribution in [3.8, 4) is 0 Å². The molecule has 2 rings (SSSR count). The summed E-state index contributed by atoms with van der Waals surface area (Å²) in [4.78, 5) is 2.55. The number of likely N-dealkylation sites (N-methyl/N-ethyl adjacent to an activating group) is 2. The SMILES string of the molecule is CCNC1c2ccccc2CC1N(C)CCC(C)C. The summed E-state index contributed by atoms with van der Waals surface area (Å²) in [6.45, 7) is 9.04. The summed E-state index contributed by atoms with van der Waals surface area (Å²) in [5.41, 5.74) is 3.03. The van der Waals surface area contributed by atoms with Crippen molar-refractivity contribution < 1.29 is 0 Å². The Balaban J connectivity index is 2.09. The average molecular weight is 260 g/mol. The molecule has 0 fully saturated rings. The first-order chi connectivity index (χ1) is 9.13. The van der Waals surface area contributed by atoms with Gasteiger partial charge in [0.25, 0.3) is 0 Å². The van der Waals surface area contributed by atoms with E-state index < -0.39 is 0 Å². The topological polar surface area (TPSA) is 15.3 Å². The van der Waals surface area contributed by atoms with Gasteiger partial charge in [0, 0.05) is 12.1 Å². The molecule has 19 heavy (non-hydrogen) atoms. The van der Waals surface area contributed by atoms with Crippen LogP contribution in [0.4, 0.5) is 0 Å². The third-order valence-electron chi connectivity index (χ3n) is 4.25. The minimum atomic E-state index is 0.498. The van der Waals surface area contributed by atoms with Crippen molar-refractivity contribution in [2.45, 2.75) is 45.7 Å². The van der Waals surface area contributed by atoms with Crippen LogP contribution in [0.5, 0.6) is 0 Å². The molecule has 0 aromatic heterocycles. The van der Waals surface area contributed by atoms with Crippen LogP contribution >= 0.6 is 0 Å². The van der Waals surface area contributed by atoms with Gasteiger partial charge in [-0.15, -0.1) is 0 Å². The van der Waals surface area contributed by atoms with Crippen molar-refractivity contribution in [1.82, 2.24) is 10.2 Å². The normalized spacial score (nSPS) is 22.2. The Morgan fingerprint density at radius 2 is 2.05 bits per heavy atom. The molecular formula is C17H28N2. The Labute approximate surface area is 118 Å². The molecule has 0 radical (unpaired) electrons. The highest BCUT2D eigenvalue weighted by Crippen LogP contribution is 2.34. The van der Waals surface area contributed by atoms with E-state index >= 15 is 0 Å². The molecule has 2 heteroatoms. The summed E-state index contributed by atoms with van der Waals surface area (Å²) in [5.74, 6) is 0.781. The van der Waals surface area contributed by atoms with Crippen LogP contribution in [-0.2, 0) is 6.42 Å². The minimum absolute atomic E-state index is 0.498. The summed E-state index contributed by atoms with van der Waals surface area (Å²) < 4.78 is 0. The van der Waals surface area contributed by atoms with Crippen LogP contribution in [-0.4, -0.2) is 31.1 Å². The maximum absolute atomic E-state index is 3.68. The monoisotopic (exact) mass is 260 g/mol. The number of nitrogens with one attached hydrogen (secondary N) is 1. The lowest BCUT2D eigenvalue weighted by molar-refractivity contribution is 0.195. The van der Waals surface area contributed by atoms with Crippen LogP contribution in [0.3, 0.4) is 0 Å². The van der Waals surface area contributed by atoms with Crippen molar-refractivity contribution in [1.29, 1.82) is 0 Å². The zero-order chi connectivity index (χ0) is 13.8. The van der Waals surface area contributed by atoms with Crippen molar-refractivity contribution in [2.75, 3.05) is 20.1 Å². The van der Waals surface area contributed by atoms with Crippen LogP contribution in [0.2, 0.25) is 0 Å². The molecule has 0 heterocycles. The van der Waals surface area contributed by atoms with E-state index in [4.69, 9.17) is 0 Å². The van der Waals surface area contributed by atoms with Crippen LogP contribution in [0.15, 0.2) is 24.3 Å². The highest BCUT2D eigenvalue weighted by molar-refractivity contribution is 5.37. The highest BCUT2D eigenvalue weighted by atomic mass is 15.2. The van der Waals surface area contributed by atoms with Gasteiger partial charge in [0.2, 0.25) is 0 Å². The predicted octanol–water partition coefficient (Wildman–Crippen LogP) is 3.24.